The monoisotopic (exact) mass is 244 g/mol. The Morgan fingerprint density at radius 3 is 2.44 bits per heavy atom. The van der Waals surface area contributed by atoms with Gasteiger partial charge in [0.1, 0.15) is 11.5 Å². The first-order chi connectivity index (χ1) is 8.70. The maximum Gasteiger partial charge on any atom is 0.194 e. The molecule has 2 aromatic rings. The highest BCUT2D eigenvalue weighted by Crippen LogP contribution is 2.24. The van der Waals surface area contributed by atoms with Crippen molar-refractivity contribution in [3.63, 3.8) is 0 Å². The predicted molar refractivity (Wildman–Crippen MR) is 69.9 cm³/mol. The molecule has 1 heterocycles. The van der Waals surface area contributed by atoms with Gasteiger partial charge in [-0.2, -0.15) is 0 Å². The zero-order valence-corrected chi connectivity index (χ0v) is 10.6. The van der Waals surface area contributed by atoms with Crippen LogP contribution in [0.15, 0.2) is 40.8 Å². The minimum atomic E-state index is -0.0656. The minimum Gasteiger partial charge on any atom is -0.494 e. The quantitative estimate of drug-likeness (QED) is 0.748. The van der Waals surface area contributed by atoms with Crippen LogP contribution >= 0.6 is 0 Å². The minimum absolute atomic E-state index is 0.0656. The van der Waals surface area contributed by atoms with Gasteiger partial charge in [-0.05, 0) is 42.8 Å². The summed E-state index contributed by atoms with van der Waals surface area (Å²) in [7, 11) is 0. The van der Waals surface area contributed by atoms with Crippen molar-refractivity contribution in [3.05, 3.63) is 42.2 Å². The van der Waals surface area contributed by atoms with Crippen molar-refractivity contribution in [2.24, 2.45) is 0 Å². The molecular formula is C15H16O3. The van der Waals surface area contributed by atoms with Crippen LogP contribution in [-0.2, 0) is 0 Å². The molecule has 0 aliphatic carbocycles. The lowest BCUT2D eigenvalue weighted by molar-refractivity contribution is 0.0988. The first kappa shape index (κ1) is 12.4. The van der Waals surface area contributed by atoms with Gasteiger partial charge in [-0.25, -0.2) is 0 Å². The highest BCUT2D eigenvalue weighted by atomic mass is 16.5. The van der Waals surface area contributed by atoms with Crippen LogP contribution in [0.5, 0.6) is 5.75 Å². The molecule has 3 heteroatoms. The van der Waals surface area contributed by atoms with E-state index in [-0.39, 0.29) is 5.78 Å². The average Bonchev–Trinajstić information content (AvgIpc) is 2.87. The average molecular weight is 244 g/mol. The Kier molecular flexibility index (Phi) is 3.82. The molecule has 0 aliphatic heterocycles. The standard InChI is InChI=1S/C15H16O3/c1-3-10-17-13-6-4-12(5-7-13)15-9-8-14(18-15)11(2)16/h4-9H,3,10H2,1-2H3. The molecule has 0 bridgehead atoms. The van der Waals surface area contributed by atoms with E-state index in [9.17, 15) is 4.79 Å². The largest absolute Gasteiger partial charge is 0.494 e. The number of carbonyl (C=O) groups excluding carboxylic acids is 1. The topological polar surface area (TPSA) is 39.4 Å². The molecule has 0 spiro atoms. The van der Waals surface area contributed by atoms with Crippen LogP contribution in [0.4, 0.5) is 0 Å². The normalized spacial score (nSPS) is 10.3. The number of ether oxygens (including phenoxy) is 1. The summed E-state index contributed by atoms with van der Waals surface area (Å²) in [6, 6.07) is 11.2. The lowest BCUT2D eigenvalue weighted by Crippen LogP contribution is -1.94. The second kappa shape index (κ2) is 5.54. The van der Waals surface area contributed by atoms with Gasteiger partial charge in [-0.1, -0.05) is 6.92 Å². The molecule has 0 unspecified atom stereocenters. The number of rotatable bonds is 5. The predicted octanol–water partition coefficient (Wildman–Crippen LogP) is 3.94. The van der Waals surface area contributed by atoms with Crippen molar-refractivity contribution in [1.29, 1.82) is 0 Å². The molecule has 94 valence electrons. The van der Waals surface area contributed by atoms with Gasteiger partial charge in [-0.3, -0.25) is 4.79 Å². The first-order valence-electron chi connectivity index (χ1n) is 6.04. The molecule has 0 N–H and O–H groups in total. The summed E-state index contributed by atoms with van der Waals surface area (Å²) in [5.74, 6) is 1.86. The van der Waals surface area contributed by atoms with E-state index in [0.717, 1.165) is 17.7 Å². The van der Waals surface area contributed by atoms with Gasteiger partial charge in [0.15, 0.2) is 11.5 Å². The fourth-order valence-electron chi connectivity index (χ4n) is 1.62. The Balaban J connectivity index is 2.15. The molecule has 0 radical (unpaired) electrons. The van der Waals surface area contributed by atoms with Gasteiger partial charge in [0.25, 0.3) is 0 Å². The van der Waals surface area contributed by atoms with Crippen LogP contribution in [0, 0.1) is 0 Å². The number of carbonyl (C=O) groups is 1. The summed E-state index contributed by atoms with van der Waals surface area (Å²) in [6.45, 7) is 4.28. The number of furan rings is 1. The molecular weight excluding hydrogens is 228 g/mol. The molecule has 0 saturated heterocycles. The van der Waals surface area contributed by atoms with Crippen molar-refractivity contribution >= 4 is 5.78 Å². The molecule has 3 nitrogen and oxygen atoms in total. The summed E-state index contributed by atoms with van der Waals surface area (Å²) in [4.78, 5) is 11.1. The Morgan fingerprint density at radius 2 is 1.89 bits per heavy atom. The van der Waals surface area contributed by atoms with E-state index in [1.54, 1.807) is 12.1 Å². The molecule has 2 rings (SSSR count). The number of hydrogen-bond donors (Lipinski definition) is 0. The molecule has 0 atom stereocenters. The van der Waals surface area contributed by atoms with Crippen molar-refractivity contribution in [2.75, 3.05) is 6.61 Å². The van der Waals surface area contributed by atoms with E-state index < -0.39 is 0 Å². The fraction of sp³-hybridized carbons (Fsp3) is 0.267. The third-order valence-corrected chi connectivity index (χ3v) is 2.56. The van der Waals surface area contributed by atoms with Gasteiger partial charge in [-0.15, -0.1) is 0 Å². The van der Waals surface area contributed by atoms with Crippen LogP contribution in [-0.4, -0.2) is 12.4 Å². The van der Waals surface area contributed by atoms with Crippen LogP contribution in [0.25, 0.3) is 11.3 Å². The highest BCUT2D eigenvalue weighted by Gasteiger charge is 2.07. The van der Waals surface area contributed by atoms with E-state index in [0.29, 0.717) is 18.1 Å². The number of benzene rings is 1. The number of ketones is 1. The SMILES string of the molecule is CCCOc1ccc(-c2ccc(C(C)=O)o2)cc1. The summed E-state index contributed by atoms with van der Waals surface area (Å²) in [5.41, 5.74) is 0.936. The van der Waals surface area contributed by atoms with E-state index in [1.165, 1.54) is 6.92 Å². The zero-order chi connectivity index (χ0) is 13.0. The van der Waals surface area contributed by atoms with Crippen LogP contribution in [0.2, 0.25) is 0 Å². The van der Waals surface area contributed by atoms with Crippen molar-refractivity contribution in [1.82, 2.24) is 0 Å². The molecule has 0 amide bonds. The highest BCUT2D eigenvalue weighted by molar-refractivity contribution is 5.91. The van der Waals surface area contributed by atoms with Gasteiger partial charge >= 0.3 is 0 Å². The van der Waals surface area contributed by atoms with Gasteiger partial charge in [0.2, 0.25) is 0 Å². The molecule has 0 saturated carbocycles. The van der Waals surface area contributed by atoms with Crippen molar-refractivity contribution in [2.45, 2.75) is 20.3 Å². The lowest BCUT2D eigenvalue weighted by Gasteiger charge is -2.04. The third kappa shape index (κ3) is 2.80. The maximum atomic E-state index is 11.1. The smallest absolute Gasteiger partial charge is 0.194 e. The molecule has 0 aliphatic rings. The number of hydrogen-bond acceptors (Lipinski definition) is 3. The van der Waals surface area contributed by atoms with E-state index in [2.05, 4.69) is 6.92 Å². The lowest BCUT2D eigenvalue weighted by atomic mass is 10.2. The third-order valence-electron chi connectivity index (χ3n) is 2.56. The Hall–Kier alpha value is -2.03. The second-order valence-electron chi connectivity index (χ2n) is 4.09. The zero-order valence-electron chi connectivity index (χ0n) is 10.6. The summed E-state index contributed by atoms with van der Waals surface area (Å²) < 4.78 is 11.0. The van der Waals surface area contributed by atoms with Crippen LogP contribution < -0.4 is 4.74 Å². The second-order valence-corrected chi connectivity index (χ2v) is 4.09. The van der Waals surface area contributed by atoms with E-state index in [1.807, 2.05) is 24.3 Å². The Labute approximate surface area is 106 Å². The van der Waals surface area contributed by atoms with E-state index in [4.69, 9.17) is 9.15 Å². The van der Waals surface area contributed by atoms with Gasteiger partial charge < -0.3 is 9.15 Å². The van der Waals surface area contributed by atoms with Crippen LogP contribution in [0.3, 0.4) is 0 Å². The van der Waals surface area contributed by atoms with Crippen molar-refractivity contribution < 1.29 is 13.9 Å². The van der Waals surface area contributed by atoms with E-state index >= 15 is 0 Å². The van der Waals surface area contributed by atoms with Crippen LogP contribution in [0.1, 0.15) is 30.8 Å². The molecule has 0 fully saturated rings. The molecule has 18 heavy (non-hydrogen) atoms. The summed E-state index contributed by atoms with van der Waals surface area (Å²) >= 11 is 0. The summed E-state index contributed by atoms with van der Waals surface area (Å²) in [5, 5.41) is 0. The van der Waals surface area contributed by atoms with Crippen molar-refractivity contribution in [3.8, 4) is 17.1 Å². The Morgan fingerprint density at radius 1 is 1.17 bits per heavy atom. The summed E-state index contributed by atoms with van der Waals surface area (Å²) in [6.07, 6.45) is 0.988. The number of Topliss-reactive ketones (excluding diaryl/α,β-unsaturated/α-hetero) is 1. The first-order valence-corrected chi connectivity index (χ1v) is 6.04. The fourth-order valence-corrected chi connectivity index (χ4v) is 1.62. The Bertz CT molecular complexity index is 523. The van der Waals surface area contributed by atoms with Gasteiger partial charge in [0.05, 0.1) is 6.61 Å². The molecule has 1 aromatic carbocycles. The van der Waals surface area contributed by atoms with Gasteiger partial charge in [0, 0.05) is 12.5 Å². The maximum absolute atomic E-state index is 11.1. The molecule has 1 aromatic heterocycles.